The van der Waals surface area contributed by atoms with E-state index in [-0.39, 0.29) is 5.57 Å². The Balaban J connectivity index is 1.81. The Morgan fingerprint density at radius 1 is 1.27 bits per heavy atom. The first kappa shape index (κ1) is 14.0. The molecule has 0 saturated heterocycles. The predicted molar refractivity (Wildman–Crippen MR) is 82.7 cm³/mol. The first-order valence-corrected chi connectivity index (χ1v) is 7.00. The molecule has 1 aliphatic rings. The molecule has 2 N–H and O–H groups in total. The SMILES string of the molecule is N#C/C(=C\c1ccc(N2CCc3ccccc3C2)o1)C(N)=O. The Morgan fingerprint density at radius 2 is 2.05 bits per heavy atom. The zero-order valence-corrected chi connectivity index (χ0v) is 12.0. The topological polar surface area (TPSA) is 83.3 Å². The summed E-state index contributed by atoms with van der Waals surface area (Å²) in [6, 6.07) is 13.7. The van der Waals surface area contributed by atoms with Crippen LogP contribution in [0, 0.1) is 11.3 Å². The molecule has 22 heavy (non-hydrogen) atoms. The minimum Gasteiger partial charge on any atom is -0.441 e. The number of hydrogen-bond donors (Lipinski definition) is 1. The third-order valence-corrected chi connectivity index (χ3v) is 3.73. The largest absolute Gasteiger partial charge is 0.441 e. The summed E-state index contributed by atoms with van der Waals surface area (Å²) in [5.74, 6) is 0.416. The van der Waals surface area contributed by atoms with Crippen LogP contribution in [-0.2, 0) is 17.8 Å². The van der Waals surface area contributed by atoms with Gasteiger partial charge in [-0.2, -0.15) is 5.26 Å². The molecule has 0 fully saturated rings. The lowest BCUT2D eigenvalue weighted by Gasteiger charge is -2.28. The van der Waals surface area contributed by atoms with Crippen molar-refractivity contribution in [3.63, 3.8) is 0 Å². The third-order valence-electron chi connectivity index (χ3n) is 3.73. The van der Waals surface area contributed by atoms with Crippen molar-refractivity contribution in [2.24, 2.45) is 5.73 Å². The van der Waals surface area contributed by atoms with Crippen molar-refractivity contribution in [2.45, 2.75) is 13.0 Å². The molecule has 110 valence electrons. The number of carbonyl (C=O) groups is 1. The van der Waals surface area contributed by atoms with Crippen molar-refractivity contribution in [1.29, 1.82) is 5.26 Å². The van der Waals surface area contributed by atoms with Crippen molar-refractivity contribution in [3.05, 3.63) is 58.9 Å². The van der Waals surface area contributed by atoms with Crippen LogP contribution < -0.4 is 10.6 Å². The lowest BCUT2D eigenvalue weighted by molar-refractivity contribution is -0.114. The lowest BCUT2D eigenvalue weighted by Crippen LogP contribution is -2.29. The van der Waals surface area contributed by atoms with Crippen molar-refractivity contribution in [2.75, 3.05) is 11.4 Å². The number of carbonyl (C=O) groups excluding carboxylic acids is 1. The summed E-state index contributed by atoms with van der Waals surface area (Å²) in [6.07, 6.45) is 2.33. The third kappa shape index (κ3) is 2.72. The van der Waals surface area contributed by atoms with E-state index >= 15 is 0 Å². The predicted octanol–water partition coefficient (Wildman–Crippen LogP) is 2.23. The van der Waals surface area contributed by atoms with Crippen LogP contribution in [0.15, 0.2) is 46.4 Å². The van der Waals surface area contributed by atoms with E-state index in [1.807, 2.05) is 12.1 Å². The van der Waals surface area contributed by atoms with Crippen LogP contribution in [0.3, 0.4) is 0 Å². The van der Waals surface area contributed by atoms with Gasteiger partial charge in [0.2, 0.25) is 0 Å². The fraction of sp³-hybridized carbons (Fsp3) is 0.176. The zero-order chi connectivity index (χ0) is 15.5. The standard InChI is InChI=1S/C17H15N3O2/c18-10-14(17(19)21)9-15-5-6-16(22-15)20-8-7-12-3-1-2-4-13(12)11-20/h1-6,9H,7-8,11H2,(H2,19,21)/b14-9+. The highest BCUT2D eigenvalue weighted by Crippen LogP contribution is 2.26. The van der Waals surface area contributed by atoms with Crippen LogP contribution >= 0.6 is 0 Å². The Kier molecular flexibility index (Phi) is 3.67. The highest BCUT2D eigenvalue weighted by atomic mass is 16.4. The zero-order valence-electron chi connectivity index (χ0n) is 12.0. The van der Waals surface area contributed by atoms with Gasteiger partial charge in [0, 0.05) is 25.2 Å². The first-order chi connectivity index (χ1) is 10.7. The fourth-order valence-corrected chi connectivity index (χ4v) is 2.57. The molecule has 3 rings (SSSR count). The van der Waals surface area contributed by atoms with E-state index in [2.05, 4.69) is 23.1 Å². The van der Waals surface area contributed by atoms with Gasteiger partial charge in [-0.3, -0.25) is 4.79 Å². The number of anilines is 1. The van der Waals surface area contributed by atoms with E-state index in [1.165, 1.54) is 17.2 Å². The number of nitriles is 1. The minimum atomic E-state index is -0.757. The van der Waals surface area contributed by atoms with Gasteiger partial charge in [-0.1, -0.05) is 24.3 Å². The van der Waals surface area contributed by atoms with Gasteiger partial charge < -0.3 is 15.1 Å². The maximum atomic E-state index is 11.1. The van der Waals surface area contributed by atoms with Crippen molar-refractivity contribution >= 4 is 17.9 Å². The molecule has 2 heterocycles. The summed E-state index contributed by atoms with van der Waals surface area (Å²) in [5, 5.41) is 8.85. The average Bonchev–Trinajstić information content (AvgIpc) is 3.00. The summed E-state index contributed by atoms with van der Waals surface area (Å²) in [7, 11) is 0. The summed E-state index contributed by atoms with van der Waals surface area (Å²) >= 11 is 0. The van der Waals surface area contributed by atoms with Gasteiger partial charge in [-0.05, 0) is 23.6 Å². The number of primary amides is 1. The van der Waals surface area contributed by atoms with E-state index in [0.29, 0.717) is 5.76 Å². The fourth-order valence-electron chi connectivity index (χ4n) is 2.57. The molecule has 0 unspecified atom stereocenters. The number of amides is 1. The average molecular weight is 293 g/mol. The summed E-state index contributed by atoms with van der Waals surface area (Å²) in [6.45, 7) is 1.66. The van der Waals surface area contributed by atoms with Crippen molar-refractivity contribution in [1.82, 2.24) is 0 Å². The molecular formula is C17H15N3O2. The van der Waals surface area contributed by atoms with Crippen molar-refractivity contribution < 1.29 is 9.21 Å². The summed E-state index contributed by atoms with van der Waals surface area (Å²) < 4.78 is 5.71. The molecule has 0 atom stereocenters. The van der Waals surface area contributed by atoms with Gasteiger partial charge in [0.05, 0.1) is 0 Å². The van der Waals surface area contributed by atoms with Crippen LogP contribution in [-0.4, -0.2) is 12.5 Å². The molecule has 0 aliphatic carbocycles. The summed E-state index contributed by atoms with van der Waals surface area (Å²) in [4.78, 5) is 13.2. The number of nitrogens with two attached hydrogens (primary N) is 1. The van der Waals surface area contributed by atoms with E-state index in [9.17, 15) is 4.79 Å². The highest BCUT2D eigenvalue weighted by Gasteiger charge is 2.18. The second kappa shape index (κ2) is 5.78. The second-order valence-electron chi connectivity index (χ2n) is 5.15. The number of benzene rings is 1. The molecule has 5 nitrogen and oxygen atoms in total. The Bertz CT molecular complexity index is 783. The highest BCUT2D eigenvalue weighted by molar-refractivity contribution is 6.00. The number of rotatable bonds is 3. The number of fused-ring (bicyclic) bond motifs is 1. The molecule has 1 aromatic heterocycles. The molecule has 1 aliphatic heterocycles. The van der Waals surface area contributed by atoms with Crippen LogP contribution in [0.2, 0.25) is 0 Å². The lowest BCUT2D eigenvalue weighted by atomic mass is 10.0. The van der Waals surface area contributed by atoms with E-state index in [0.717, 1.165) is 25.4 Å². The molecule has 0 bridgehead atoms. The number of hydrogen-bond acceptors (Lipinski definition) is 4. The van der Waals surface area contributed by atoms with Crippen LogP contribution in [0.5, 0.6) is 0 Å². The van der Waals surface area contributed by atoms with E-state index < -0.39 is 5.91 Å². The van der Waals surface area contributed by atoms with Gasteiger partial charge in [0.1, 0.15) is 17.4 Å². The van der Waals surface area contributed by atoms with Gasteiger partial charge in [0.25, 0.3) is 5.91 Å². The number of nitrogens with zero attached hydrogens (tertiary/aromatic N) is 2. The van der Waals surface area contributed by atoms with Crippen LogP contribution in [0.25, 0.3) is 6.08 Å². The van der Waals surface area contributed by atoms with Crippen LogP contribution in [0.4, 0.5) is 5.88 Å². The molecule has 1 aromatic carbocycles. The maximum Gasteiger partial charge on any atom is 0.259 e. The smallest absolute Gasteiger partial charge is 0.259 e. The molecule has 2 aromatic rings. The Hall–Kier alpha value is -3.00. The van der Waals surface area contributed by atoms with Crippen molar-refractivity contribution in [3.8, 4) is 6.07 Å². The van der Waals surface area contributed by atoms with Gasteiger partial charge in [-0.25, -0.2) is 0 Å². The molecule has 1 amide bonds. The minimum absolute atomic E-state index is 0.120. The van der Waals surface area contributed by atoms with E-state index in [1.54, 1.807) is 12.1 Å². The quantitative estimate of drug-likeness (QED) is 0.695. The van der Waals surface area contributed by atoms with Gasteiger partial charge >= 0.3 is 0 Å². The normalized spacial score (nSPS) is 14.3. The monoisotopic (exact) mass is 293 g/mol. The molecular weight excluding hydrogens is 278 g/mol. The first-order valence-electron chi connectivity index (χ1n) is 7.00. The molecule has 5 heteroatoms. The van der Waals surface area contributed by atoms with E-state index in [4.69, 9.17) is 15.4 Å². The molecule has 0 saturated carbocycles. The Morgan fingerprint density at radius 3 is 2.77 bits per heavy atom. The molecule has 0 spiro atoms. The molecule has 0 radical (unpaired) electrons. The Labute approximate surface area is 128 Å². The summed E-state index contributed by atoms with van der Waals surface area (Å²) in [5.41, 5.74) is 7.65. The number of furan rings is 1. The van der Waals surface area contributed by atoms with Gasteiger partial charge in [-0.15, -0.1) is 0 Å². The van der Waals surface area contributed by atoms with Crippen LogP contribution in [0.1, 0.15) is 16.9 Å². The van der Waals surface area contributed by atoms with Gasteiger partial charge in [0.15, 0.2) is 5.88 Å². The maximum absolute atomic E-state index is 11.1. The second-order valence-corrected chi connectivity index (χ2v) is 5.15.